The fourth-order valence-electron chi connectivity index (χ4n) is 2.73. The van der Waals surface area contributed by atoms with Gasteiger partial charge in [0.25, 0.3) is 5.91 Å². The van der Waals surface area contributed by atoms with E-state index in [0.29, 0.717) is 12.2 Å². The molecule has 0 spiro atoms. The molecule has 0 bridgehead atoms. The van der Waals surface area contributed by atoms with Crippen molar-refractivity contribution < 1.29 is 4.79 Å². The molecule has 0 radical (unpaired) electrons. The maximum Gasteiger partial charge on any atom is 0.270 e. The Labute approximate surface area is 136 Å². The molecule has 0 aliphatic rings. The van der Waals surface area contributed by atoms with E-state index in [1.165, 1.54) is 5.56 Å². The van der Waals surface area contributed by atoms with Crippen LogP contribution in [0.4, 0.5) is 0 Å². The predicted molar refractivity (Wildman–Crippen MR) is 91.8 cm³/mol. The van der Waals surface area contributed by atoms with Gasteiger partial charge in [-0.1, -0.05) is 37.3 Å². The number of imidazole rings is 1. The molecule has 0 fully saturated rings. The molecule has 4 nitrogen and oxygen atoms in total. The zero-order valence-electron chi connectivity index (χ0n) is 13.5. The van der Waals surface area contributed by atoms with Gasteiger partial charge in [0.1, 0.15) is 11.3 Å². The Bertz CT molecular complexity index is 821. The van der Waals surface area contributed by atoms with Gasteiger partial charge in [0.2, 0.25) is 0 Å². The average molecular weight is 307 g/mol. The van der Waals surface area contributed by atoms with E-state index in [-0.39, 0.29) is 5.91 Å². The van der Waals surface area contributed by atoms with Crippen molar-refractivity contribution >= 4 is 11.6 Å². The van der Waals surface area contributed by atoms with Gasteiger partial charge in [-0.15, -0.1) is 0 Å². The second-order valence-electron chi connectivity index (χ2n) is 5.68. The van der Waals surface area contributed by atoms with Gasteiger partial charge in [-0.2, -0.15) is 0 Å². The third kappa shape index (κ3) is 3.26. The summed E-state index contributed by atoms with van der Waals surface area (Å²) in [5.41, 5.74) is 4.68. The number of fused-ring (bicyclic) bond motifs is 1. The average Bonchev–Trinajstić information content (AvgIpc) is 2.93. The van der Waals surface area contributed by atoms with Crippen molar-refractivity contribution in [2.45, 2.75) is 26.7 Å². The van der Waals surface area contributed by atoms with Crippen LogP contribution in [0.3, 0.4) is 0 Å². The molecule has 118 valence electrons. The Hall–Kier alpha value is -2.62. The third-order valence-electron chi connectivity index (χ3n) is 3.95. The first-order valence-electron chi connectivity index (χ1n) is 7.98. The zero-order valence-corrected chi connectivity index (χ0v) is 13.5. The SMILES string of the molecule is CCc1nc2cc(C)ccn2c1C(=O)NCCc1ccccc1. The van der Waals surface area contributed by atoms with Crippen LogP contribution in [-0.2, 0) is 12.8 Å². The van der Waals surface area contributed by atoms with E-state index in [0.717, 1.165) is 29.7 Å². The first kappa shape index (κ1) is 15.3. The van der Waals surface area contributed by atoms with E-state index >= 15 is 0 Å². The molecule has 2 heterocycles. The summed E-state index contributed by atoms with van der Waals surface area (Å²) in [6.45, 7) is 4.67. The summed E-state index contributed by atoms with van der Waals surface area (Å²) in [5, 5.41) is 3.02. The lowest BCUT2D eigenvalue weighted by molar-refractivity contribution is 0.0947. The number of aromatic nitrogens is 2. The van der Waals surface area contributed by atoms with Crippen LogP contribution >= 0.6 is 0 Å². The molecule has 0 saturated heterocycles. The minimum Gasteiger partial charge on any atom is -0.350 e. The zero-order chi connectivity index (χ0) is 16.2. The maximum atomic E-state index is 12.6. The number of benzene rings is 1. The van der Waals surface area contributed by atoms with Gasteiger partial charge < -0.3 is 5.32 Å². The van der Waals surface area contributed by atoms with E-state index in [2.05, 4.69) is 22.4 Å². The van der Waals surface area contributed by atoms with Gasteiger partial charge in [0, 0.05) is 12.7 Å². The van der Waals surface area contributed by atoms with Crippen molar-refractivity contribution in [1.82, 2.24) is 14.7 Å². The van der Waals surface area contributed by atoms with Gasteiger partial charge >= 0.3 is 0 Å². The molecule has 0 unspecified atom stereocenters. The standard InChI is InChI=1S/C19H21N3O/c1-3-16-18(22-12-10-14(2)13-17(22)21-16)19(23)20-11-9-15-7-5-4-6-8-15/h4-8,10,12-13H,3,9,11H2,1-2H3,(H,20,23). The number of pyridine rings is 1. The van der Waals surface area contributed by atoms with E-state index < -0.39 is 0 Å². The van der Waals surface area contributed by atoms with Crippen LogP contribution in [0.15, 0.2) is 48.7 Å². The van der Waals surface area contributed by atoms with Crippen LogP contribution in [0.1, 0.15) is 34.2 Å². The molecule has 3 rings (SSSR count). The lowest BCUT2D eigenvalue weighted by atomic mass is 10.1. The van der Waals surface area contributed by atoms with Crippen LogP contribution in [0, 0.1) is 6.92 Å². The molecule has 0 aliphatic carbocycles. The van der Waals surface area contributed by atoms with Gasteiger partial charge in [0.05, 0.1) is 5.69 Å². The van der Waals surface area contributed by atoms with E-state index in [1.54, 1.807) is 0 Å². The van der Waals surface area contributed by atoms with Gasteiger partial charge in [-0.3, -0.25) is 9.20 Å². The minimum absolute atomic E-state index is 0.0610. The highest BCUT2D eigenvalue weighted by molar-refractivity contribution is 5.94. The summed E-state index contributed by atoms with van der Waals surface area (Å²) in [7, 11) is 0. The number of carbonyl (C=O) groups is 1. The largest absolute Gasteiger partial charge is 0.350 e. The summed E-state index contributed by atoms with van der Waals surface area (Å²) in [6, 6.07) is 14.2. The smallest absolute Gasteiger partial charge is 0.270 e. The van der Waals surface area contributed by atoms with Gasteiger partial charge in [-0.25, -0.2) is 4.98 Å². The monoisotopic (exact) mass is 307 g/mol. The highest BCUT2D eigenvalue weighted by Gasteiger charge is 2.17. The Morgan fingerprint density at radius 3 is 2.74 bits per heavy atom. The van der Waals surface area contributed by atoms with Gasteiger partial charge in [0.15, 0.2) is 0 Å². The molecule has 23 heavy (non-hydrogen) atoms. The lowest BCUT2D eigenvalue weighted by Crippen LogP contribution is -2.27. The number of hydrogen-bond acceptors (Lipinski definition) is 2. The number of carbonyl (C=O) groups excluding carboxylic acids is 1. The molecule has 3 aromatic rings. The maximum absolute atomic E-state index is 12.6. The molecule has 0 saturated carbocycles. The number of rotatable bonds is 5. The second-order valence-corrected chi connectivity index (χ2v) is 5.68. The Kier molecular flexibility index (Phi) is 4.42. The van der Waals surface area contributed by atoms with Crippen molar-refractivity contribution in [2.24, 2.45) is 0 Å². The number of nitrogens with zero attached hydrogens (tertiary/aromatic N) is 2. The number of nitrogens with one attached hydrogen (secondary N) is 1. The summed E-state index contributed by atoms with van der Waals surface area (Å²) in [5.74, 6) is -0.0610. The van der Waals surface area contributed by atoms with Crippen LogP contribution in [0.25, 0.3) is 5.65 Å². The summed E-state index contributed by atoms with van der Waals surface area (Å²) in [4.78, 5) is 17.2. The number of aryl methyl sites for hydroxylation is 2. The highest BCUT2D eigenvalue weighted by atomic mass is 16.1. The normalized spacial score (nSPS) is 10.9. The van der Waals surface area contributed by atoms with Crippen molar-refractivity contribution in [3.8, 4) is 0 Å². The van der Waals surface area contributed by atoms with Gasteiger partial charge in [-0.05, 0) is 43.0 Å². The fourth-order valence-corrected chi connectivity index (χ4v) is 2.73. The molecule has 1 N–H and O–H groups in total. The van der Waals surface area contributed by atoms with Crippen molar-refractivity contribution in [3.05, 3.63) is 71.2 Å². The third-order valence-corrected chi connectivity index (χ3v) is 3.95. The molecular weight excluding hydrogens is 286 g/mol. The Morgan fingerprint density at radius 2 is 2.00 bits per heavy atom. The molecule has 4 heteroatoms. The Morgan fingerprint density at radius 1 is 1.22 bits per heavy atom. The lowest BCUT2D eigenvalue weighted by Gasteiger charge is -2.07. The molecule has 1 aromatic carbocycles. The number of amides is 1. The second kappa shape index (κ2) is 6.65. The van der Waals surface area contributed by atoms with E-state index in [9.17, 15) is 4.79 Å². The molecule has 1 amide bonds. The van der Waals surface area contributed by atoms with Crippen LogP contribution < -0.4 is 5.32 Å². The predicted octanol–water partition coefficient (Wildman–Crippen LogP) is 3.18. The Balaban J connectivity index is 1.77. The fraction of sp³-hybridized carbons (Fsp3) is 0.263. The summed E-state index contributed by atoms with van der Waals surface area (Å²) >= 11 is 0. The molecule has 0 atom stereocenters. The quantitative estimate of drug-likeness (QED) is 0.787. The first-order chi connectivity index (χ1) is 11.2. The van der Waals surface area contributed by atoms with Crippen LogP contribution in [0.2, 0.25) is 0 Å². The van der Waals surface area contributed by atoms with Crippen molar-refractivity contribution in [2.75, 3.05) is 6.54 Å². The van der Waals surface area contributed by atoms with Crippen molar-refractivity contribution in [3.63, 3.8) is 0 Å². The van der Waals surface area contributed by atoms with Crippen LogP contribution in [-0.4, -0.2) is 21.8 Å². The van der Waals surface area contributed by atoms with E-state index in [4.69, 9.17) is 0 Å². The molecular formula is C19H21N3O. The topological polar surface area (TPSA) is 46.4 Å². The van der Waals surface area contributed by atoms with Crippen molar-refractivity contribution in [1.29, 1.82) is 0 Å². The first-order valence-corrected chi connectivity index (χ1v) is 7.98. The highest BCUT2D eigenvalue weighted by Crippen LogP contribution is 2.15. The summed E-state index contributed by atoms with van der Waals surface area (Å²) < 4.78 is 1.88. The minimum atomic E-state index is -0.0610. The molecule has 0 aliphatic heterocycles. The molecule has 2 aromatic heterocycles. The van der Waals surface area contributed by atoms with Crippen LogP contribution in [0.5, 0.6) is 0 Å². The van der Waals surface area contributed by atoms with E-state index in [1.807, 2.05) is 54.8 Å². The summed E-state index contributed by atoms with van der Waals surface area (Å²) in [6.07, 6.45) is 3.48. The number of hydrogen-bond donors (Lipinski definition) is 1.